The monoisotopic (exact) mass is 234 g/mol. The van der Waals surface area contributed by atoms with Gasteiger partial charge in [0.2, 0.25) is 0 Å². The Balaban J connectivity index is 1.84. The molecule has 0 atom stereocenters. The van der Waals surface area contributed by atoms with Crippen LogP contribution in [0.3, 0.4) is 0 Å². The largest absolute Gasteiger partial charge is 0.494 e. The molecule has 1 N–H and O–H groups in total. The van der Waals surface area contributed by atoms with Crippen LogP contribution < -0.4 is 10.1 Å². The highest BCUT2D eigenvalue weighted by Crippen LogP contribution is 2.14. The van der Waals surface area contributed by atoms with Crippen LogP contribution in [0.4, 0.5) is 0 Å². The summed E-state index contributed by atoms with van der Waals surface area (Å²) in [5, 5.41) is 3.37. The molecule has 1 saturated heterocycles. The minimum atomic E-state index is 0.803. The second-order valence-corrected chi connectivity index (χ2v) is 4.52. The Morgan fingerprint density at radius 3 is 2.53 bits per heavy atom. The summed E-state index contributed by atoms with van der Waals surface area (Å²) in [4.78, 5) is 2.48. The van der Waals surface area contributed by atoms with E-state index in [-0.39, 0.29) is 0 Å². The van der Waals surface area contributed by atoms with E-state index in [1.165, 1.54) is 5.56 Å². The third-order valence-electron chi connectivity index (χ3n) is 3.01. The molecular formula is C14H22N2O. The number of hydrogen-bond acceptors (Lipinski definition) is 3. The predicted molar refractivity (Wildman–Crippen MR) is 70.4 cm³/mol. The summed E-state index contributed by atoms with van der Waals surface area (Å²) in [5.74, 6) is 0.982. The van der Waals surface area contributed by atoms with Crippen LogP contribution in [0.2, 0.25) is 0 Å². The van der Waals surface area contributed by atoms with Gasteiger partial charge < -0.3 is 10.1 Å². The fourth-order valence-corrected chi connectivity index (χ4v) is 2.04. The molecule has 0 aromatic heterocycles. The van der Waals surface area contributed by atoms with Crippen LogP contribution >= 0.6 is 0 Å². The quantitative estimate of drug-likeness (QED) is 0.842. The Morgan fingerprint density at radius 2 is 1.88 bits per heavy atom. The van der Waals surface area contributed by atoms with E-state index in [0.717, 1.165) is 51.5 Å². The third-order valence-corrected chi connectivity index (χ3v) is 3.01. The fourth-order valence-electron chi connectivity index (χ4n) is 2.04. The first kappa shape index (κ1) is 12.4. The number of benzene rings is 1. The van der Waals surface area contributed by atoms with Gasteiger partial charge in [-0.1, -0.05) is 19.1 Å². The van der Waals surface area contributed by atoms with Crippen molar-refractivity contribution in [3.05, 3.63) is 29.8 Å². The molecule has 0 radical (unpaired) electrons. The van der Waals surface area contributed by atoms with E-state index in [2.05, 4.69) is 41.4 Å². The molecule has 1 fully saturated rings. The molecule has 1 heterocycles. The molecule has 0 amide bonds. The Labute approximate surface area is 104 Å². The summed E-state index contributed by atoms with van der Waals surface area (Å²) < 4.78 is 5.58. The highest BCUT2D eigenvalue weighted by atomic mass is 16.5. The Morgan fingerprint density at radius 1 is 1.18 bits per heavy atom. The summed E-state index contributed by atoms with van der Waals surface area (Å²) in [6.07, 6.45) is 1.06. The topological polar surface area (TPSA) is 24.5 Å². The predicted octanol–water partition coefficient (Wildman–Crippen LogP) is 1.88. The van der Waals surface area contributed by atoms with Crippen LogP contribution in [0.1, 0.15) is 18.9 Å². The molecule has 2 rings (SSSR count). The lowest BCUT2D eigenvalue weighted by Gasteiger charge is -2.27. The van der Waals surface area contributed by atoms with Crippen molar-refractivity contribution in [1.29, 1.82) is 0 Å². The van der Waals surface area contributed by atoms with Crippen molar-refractivity contribution in [3.8, 4) is 5.75 Å². The molecule has 1 aromatic rings. The van der Waals surface area contributed by atoms with E-state index < -0.39 is 0 Å². The van der Waals surface area contributed by atoms with E-state index in [9.17, 15) is 0 Å². The average molecular weight is 234 g/mol. The van der Waals surface area contributed by atoms with Gasteiger partial charge in [0, 0.05) is 32.7 Å². The van der Waals surface area contributed by atoms with E-state index in [1.54, 1.807) is 0 Å². The van der Waals surface area contributed by atoms with E-state index in [4.69, 9.17) is 4.74 Å². The van der Waals surface area contributed by atoms with Crippen LogP contribution in [-0.2, 0) is 6.54 Å². The maximum Gasteiger partial charge on any atom is 0.119 e. The third kappa shape index (κ3) is 4.02. The van der Waals surface area contributed by atoms with Crippen LogP contribution in [0.25, 0.3) is 0 Å². The second-order valence-electron chi connectivity index (χ2n) is 4.52. The molecular weight excluding hydrogens is 212 g/mol. The van der Waals surface area contributed by atoms with Crippen molar-refractivity contribution in [1.82, 2.24) is 10.2 Å². The Bertz CT molecular complexity index is 317. The molecule has 0 bridgehead atoms. The van der Waals surface area contributed by atoms with E-state index in [0.29, 0.717) is 0 Å². The summed E-state index contributed by atoms with van der Waals surface area (Å²) in [6.45, 7) is 8.49. The Hall–Kier alpha value is -1.06. The zero-order valence-electron chi connectivity index (χ0n) is 10.6. The number of ether oxygens (including phenoxy) is 1. The van der Waals surface area contributed by atoms with Gasteiger partial charge in [-0.2, -0.15) is 0 Å². The SMILES string of the molecule is CCCOc1ccc(CN2CCNCC2)cc1. The molecule has 94 valence electrons. The van der Waals surface area contributed by atoms with Gasteiger partial charge in [-0.15, -0.1) is 0 Å². The minimum Gasteiger partial charge on any atom is -0.494 e. The molecule has 3 nitrogen and oxygen atoms in total. The van der Waals surface area contributed by atoms with Crippen molar-refractivity contribution >= 4 is 0 Å². The van der Waals surface area contributed by atoms with Gasteiger partial charge in [0.05, 0.1) is 6.61 Å². The Kier molecular flexibility index (Phi) is 4.83. The van der Waals surface area contributed by atoms with E-state index in [1.807, 2.05) is 0 Å². The van der Waals surface area contributed by atoms with Crippen LogP contribution in [-0.4, -0.2) is 37.7 Å². The minimum absolute atomic E-state index is 0.803. The zero-order chi connectivity index (χ0) is 11.9. The molecule has 17 heavy (non-hydrogen) atoms. The van der Waals surface area contributed by atoms with Crippen molar-refractivity contribution in [2.45, 2.75) is 19.9 Å². The van der Waals surface area contributed by atoms with Crippen LogP contribution in [0.5, 0.6) is 5.75 Å². The molecule has 0 spiro atoms. The number of piperazine rings is 1. The van der Waals surface area contributed by atoms with Crippen molar-refractivity contribution in [2.75, 3.05) is 32.8 Å². The number of nitrogens with one attached hydrogen (secondary N) is 1. The molecule has 0 saturated carbocycles. The van der Waals surface area contributed by atoms with Gasteiger partial charge in [-0.25, -0.2) is 0 Å². The number of nitrogens with zero attached hydrogens (tertiary/aromatic N) is 1. The van der Waals surface area contributed by atoms with Crippen LogP contribution in [0, 0.1) is 0 Å². The number of hydrogen-bond donors (Lipinski definition) is 1. The highest BCUT2D eigenvalue weighted by molar-refractivity contribution is 5.27. The first-order chi connectivity index (χ1) is 8.38. The lowest BCUT2D eigenvalue weighted by atomic mass is 10.2. The number of rotatable bonds is 5. The lowest BCUT2D eigenvalue weighted by molar-refractivity contribution is 0.233. The van der Waals surface area contributed by atoms with E-state index >= 15 is 0 Å². The fraction of sp³-hybridized carbons (Fsp3) is 0.571. The maximum atomic E-state index is 5.58. The van der Waals surface area contributed by atoms with Gasteiger partial charge in [-0.3, -0.25) is 4.90 Å². The van der Waals surface area contributed by atoms with Gasteiger partial charge in [0.25, 0.3) is 0 Å². The zero-order valence-corrected chi connectivity index (χ0v) is 10.6. The summed E-state index contributed by atoms with van der Waals surface area (Å²) in [6, 6.07) is 8.50. The first-order valence-electron chi connectivity index (χ1n) is 6.53. The summed E-state index contributed by atoms with van der Waals surface area (Å²) in [7, 11) is 0. The molecule has 0 unspecified atom stereocenters. The normalized spacial score (nSPS) is 17.0. The molecule has 1 aromatic carbocycles. The lowest BCUT2D eigenvalue weighted by Crippen LogP contribution is -2.42. The van der Waals surface area contributed by atoms with Crippen molar-refractivity contribution in [3.63, 3.8) is 0 Å². The molecule has 1 aliphatic heterocycles. The van der Waals surface area contributed by atoms with Crippen molar-refractivity contribution < 1.29 is 4.74 Å². The summed E-state index contributed by atoms with van der Waals surface area (Å²) in [5.41, 5.74) is 1.37. The van der Waals surface area contributed by atoms with Gasteiger partial charge in [0.1, 0.15) is 5.75 Å². The van der Waals surface area contributed by atoms with Gasteiger partial charge in [-0.05, 0) is 24.1 Å². The summed E-state index contributed by atoms with van der Waals surface area (Å²) >= 11 is 0. The molecule has 3 heteroatoms. The first-order valence-corrected chi connectivity index (χ1v) is 6.53. The maximum absolute atomic E-state index is 5.58. The molecule has 0 aliphatic carbocycles. The van der Waals surface area contributed by atoms with Gasteiger partial charge >= 0.3 is 0 Å². The average Bonchev–Trinajstić information content (AvgIpc) is 2.39. The standard InChI is InChI=1S/C14H22N2O/c1-2-11-17-14-5-3-13(4-6-14)12-16-9-7-15-8-10-16/h3-6,15H,2,7-12H2,1H3. The van der Waals surface area contributed by atoms with Crippen molar-refractivity contribution in [2.24, 2.45) is 0 Å². The van der Waals surface area contributed by atoms with Crippen LogP contribution in [0.15, 0.2) is 24.3 Å². The van der Waals surface area contributed by atoms with Gasteiger partial charge in [0.15, 0.2) is 0 Å². The highest BCUT2D eigenvalue weighted by Gasteiger charge is 2.09. The second kappa shape index (κ2) is 6.62. The smallest absolute Gasteiger partial charge is 0.119 e. The molecule has 1 aliphatic rings.